The van der Waals surface area contributed by atoms with Crippen molar-refractivity contribution in [1.29, 1.82) is 0 Å². The van der Waals surface area contributed by atoms with Gasteiger partial charge in [-0.15, -0.1) is 0 Å². The highest BCUT2D eigenvalue weighted by atomic mass is 35.5. The molecule has 0 saturated carbocycles. The summed E-state index contributed by atoms with van der Waals surface area (Å²) < 4.78 is 25.2. The van der Waals surface area contributed by atoms with Crippen LogP contribution in [0.2, 0.25) is 10.0 Å². The van der Waals surface area contributed by atoms with Gasteiger partial charge in [-0.3, -0.25) is 4.79 Å². The van der Waals surface area contributed by atoms with E-state index < -0.39 is 21.7 Å². The van der Waals surface area contributed by atoms with Crippen molar-refractivity contribution in [2.45, 2.75) is 0 Å². The average molecular weight is 211 g/mol. The summed E-state index contributed by atoms with van der Waals surface area (Å²) in [4.78, 5) is 10.3. The summed E-state index contributed by atoms with van der Waals surface area (Å²) in [6.45, 7) is 0. The molecule has 0 radical (unpaired) electrons. The molecule has 1 rings (SSSR count). The van der Waals surface area contributed by atoms with Gasteiger partial charge in [0.15, 0.2) is 6.29 Å². The van der Waals surface area contributed by atoms with E-state index >= 15 is 0 Å². The first-order chi connectivity index (χ1) is 5.57. The highest BCUT2D eigenvalue weighted by Gasteiger charge is 2.14. The van der Waals surface area contributed by atoms with Gasteiger partial charge >= 0.3 is 0 Å². The molecule has 0 aliphatic heterocycles. The van der Waals surface area contributed by atoms with Crippen molar-refractivity contribution < 1.29 is 13.6 Å². The lowest BCUT2D eigenvalue weighted by Crippen LogP contribution is -1.92. The third kappa shape index (κ3) is 1.42. The average Bonchev–Trinajstić information content (AvgIpc) is 2.02. The molecule has 64 valence electrons. The van der Waals surface area contributed by atoms with Gasteiger partial charge in [0.25, 0.3) is 0 Å². The summed E-state index contributed by atoms with van der Waals surface area (Å²) >= 11 is 10.6. The Hall–Kier alpha value is -0.670. The lowest BCUT2D eigenvalue weighted by molar-refractivity contribution is 0.112. The van der Waals surface area contributed by atoms with Crippen LogP contribution in [-0.2, 0) is 0 Å². The van der Waals surface area contributed by atoms with Crippen LogP contribution in [0.5, 0.6) is 0 Å². The maximum Gasteiger partial charge on any atom is 0.153 e. The highest BCUT2D eigenvalue weighted by Crippen LogP contribution is 2.28. The van der Waals surface area contributed by atoms with E-state index in [1.54, 1.807) is 0 Å². The van der Waals surface area contributed by atoms with E-state index in [1.807, 2.05) is 0 Å². The molecule has 1 nitrogen and oxygen atoms in total. The molecule has 0 aliphatic carbocycles. The van der Waals surface area contributed by atoms with E-state index in [2.05, 4.69) is 0 Å². The maximum atomic E-state index is 12.6. The molecule has 0 saturated heterocycles. The standard InChI is InChI=1S/C7H2Cl2F2O/c8-6-3(2-12)7(9)5(11)1-4(6)10/h1-2H. The van der Waals surface area contributed by atoms with Gasteiger partial charge in [0.2, 0.25) is 0 Å². The van der Waals surface area contributed by atoms with Crippen molar-refractivity contribution in [3.05, 3.63) is 33.3 Å². The van der Waals surface area contributed by atoms with Crippen molar-refractivity contribution in [3.63, 3.8) is 0 Å². The van der Waals surface area contributed by atoms with Crippen LogP contribution in [0.15, 0.2) is 6.07 Å². The summed E-state index contributed by atoms with van der Waals surface area (Å²) in [6, 6.07) is 0.525. The summed E-state index contributed by atoms with van der Waals surface area (Å²) in [5.74, 6) is -2.00. The molecule has 5 heteroatoms. The lowest BCUT2D eigenvalue weighted by Gasteiger charge is -2.01. The van der Waals surface area contributed by atoms with Crippen LogP contribution in [0.3, 0.4) is 0 Å². The number of hydrogen-bond donors (Lipinski definition) is 0. The quantitative estimate of drug-likeness (QED) is 0.515. The molecule has 1 aromatic rings. The fraction of sp³-hybridized carbons (Fsp3) is 0. The molecule has 0 bridgehead atoms. The zero-order valence-electron chi connectivity index (χ0n) is 5.57. The number of hydrogen-bond acceptors (Lipinski definition) is 1. The van der Waals surface area contributed by atoms with Gasteiger partial charge in [0.05, 0.1) is 15.6 Å². The zero-order chi connectivity index (χ0) is 9.30. The third-order valence-corrected chi connectivity index (χ3v) is 2.03. The first kappa shape index (κ1) is 9.42. The normalized spacial score (nSPS) is 10.0. The molecule has 0 atom stereocenters. The van der Waals surface area contributed by atoms with E-state index in [4.69, 9.17) is 23.2 Å². The van der Waals surface area contributed by atoms with Crippen LogP contribution in [0.4, 0.5) is 8.78 Å². The molecule has 0 amide bonds. The first-order valence-electron chi connectivity index (χ1n) is 2.86. The molecule has 0 spiro atoms. The van der Waals surface area contributed by atoms with E-state index in [-0.39, 0.29) is 11.8 Å². The Labute approximate surface area is 76.9 Å². The second kappa shape index (κ2) is 3.37. The van der Waals surface area contributed by atoms with Crippen LogP contribution in [0, 0.1) is 11.6 Å². The fourth-order valence-electron chi connectivity index (χ4n) is 0.695. The van der Waals surface area contributed by atoms with Gasteiger partial charge in [0, 0.05) is 6.07 Å². The monoisotopic (exact) mass is 210 g/mol. The van der Waals surface area contributed by atoms with Gasteiger partial charge in [-0.05, 0) is 0 Å². The van der Waals surface area contributed by atoms with Crippen LogP contribution < -0.4 is 0 Å². The Kier molecular flexibility index (Phi) is 2.65. The van der Waals surface area contributed by atoms with Crippen molar-refractivity contribution in [2.24, 2.45) is 0 Å². The third-order valence-electron chi connectivity index (χ3n) is 1.26. The fourth-order valence-corrected chi connectivity index (χ4v) is 1.13. The molecule has 1 aromatic carbocycles. The van der Waals surface area contributed by atoms with Gasteiger partial charge in [0.1, 0.15) is 11.6 Å². The number of aldehydes is 1. The van der Waals surface area contributed by atoms with Gasteiger partial charge in [-0.2, -0.15) is 0 Å². The molecule has 0 N–H and O–H groups in total. The predicted octanol–water partition coefficient (Wildman–Crippen LogP) is 3.08. The molecule has 0 fully saturated rings. The molecule has 0 unspecified atom stereocenters. The second-order valence-electron chi connectivity index (χ2n) is 2.00. The summed E-state index contributed by atoms with van der Waals surface area (Å²) in [6.07, 6.45) is 0.205. The number of rotatable bonds is 1. The molecular formula is C7H2Cl2F2O. The van der Waals surface area contributed by atoms with Gasteiger partial charge in [-0.25, -0.2) is 8.78 Å². The van der Waals surface area contributed by atoms with E-state index in [9.17, 15) is 13.6 Å². The topological polar surface area (TPSA) is 17.1 Å². The molecular weight excluding hydrogens is 209 g/mol. The molecule has 0 aliphatic rings. The van der Waals surface area contributed by atoms with Gasteiger partial charge < -0.3 is 0 Å². The predicted molar refractivity (Wildman–Crippen MR) is 41.8 cm³/mol. The maximum absolute atomic E-state index is 12.6. The number of carbonyl (C=O) groups excluding carboxylic acids is 1. The Morgan fingerprint density at radius 3 is 1.92 bits per heavy atom. The molecule has 0 aromatic heterocycles. The first-order valence-corrected chi connectivity index (χ1v) is 3.61. The molecule has 12 heavy (non-hydrogen) atoms. The Balaban J connectivity index is 3.52. The van der Waals surface area contributed by atoms with E-state index in [0.717, 1.165) is 0 Å². The Bertz CT molecular complexity index is 312. The minimum Gasteiger partial charge on any atom is -0.298 e. The SMILES string of the molecule is O=Cc1c(Cl)c(F)cc(F)c1Cl. The minimum atomic E-state index is -0.999. The summed E-state index contributed by atoms with van der Waals surface area (Å²) in [5.41, 5.74) is -0.365. The van der Waals surface area contributed by atoms with Crippen LogP contribution in [0.1, 0.15) is 10.4 Å². The smallest absolute Gasteiger partial charge is 0.153 e. The number of carbonyl (C=O) groups is 1. The number of benzene rings is 1. The Morgan fingerprint density at radius 2 is 1.58 bits per heavy atom. The minimum absolute atomic E-state index is 0.205. The van der Waals surface area contributed by atoms with Crippen molar-refractivity contribution in [2.75, 3.05) is 0 Å². The Morgan fingerprint density at radius 1 is 1.17 bits per heavy atom. The zero-order valence-corrected chi connectivity index (χ0v) is 7.09. The van der Waals surface area contributed by atoms with Crippen molar-refractivity contribution in [3.8, 4) is 0 Å². The molecule has 0 heterocycles. The lowest BCUT2D eigenvalue weighted by atomic mass is 10.2. The van der Waals surface area contributed by atoms with Gasteiger partial charge in [-0.1, -0.05) is 23.2 Å². The van der Waals surface area contributed by atoms with E-state index in [1.165, 1.54) is 0 Å². The summed E-state index contributed by atoms with van der Waals surface area (Å²) in [7, 11) is 0. The van der Waals surface area contributed by atoms with Crippen LogP contribution in [-0.4, -0.2) is 6.29 Å². The highest BCUT2D eigenvalue weighted by molar-refractivity contribution is 6.38. The van der Waals surface area contributed by atoms with Crippen LogP contribution >= 0.6 is 23.2 Å². The largest absolute Gasteiger partial charge is 0.298 e. The number of halogens is 4. The van der Waals surface area contributed by atoms with E-state index in [0.29, 0.717) is 6.07 Å². The summed E-state index contributed by atoms with van der Waals surface area (Å²) in [5, 5.41) is -0.923. The van der Waals surface area contributed by atoms with Crippen molar-refractivity contribution >= 4 is 29.5 Å². The van der Waals surface area contributed by atoms with Crippen LogP contribution in [0.25, 0.3) is 0 Å². The second-order valence-corrected chi connectivity index (χ2v) is 2.76. The van der Waals surface area contributed by atoms with Crippen molar-refractivity contribution in [1.82, 2.24) is 0 Å².